The first-order valence-electron chi connectivity index (χ1n) is 4.24. The zero-order chi connectivity index (χ0) is 11.3. The number of hydrogen-bond acceptors (Lipinski definition) is 1. The van der Waals surface area contributed by atoms with Gasteiger partial charge in [0, 0.05) is 12.2 Å². The highest BCUT2D eigenvalue weighted by atomic mass is 35.5. The summed E-state index contributed by atoms with van der Waals surface area (Å²) in [6.45, 7) is 4.10. The maximum absolute atomic E-state index is 13.0. The van der Waals surface area contributed by atoms with Gasteiger partial charge in [0.15, 0.2) is 5.11 Å². The molecule has 0 saturated carbocycles. The molecule has 0 saturated heterocycles. The van der Waals surface area contributed by atoms with E-state index in [4.69, 9.17) is 23.8 Å². The van der Waals surface area contributed by atoms with Crippen LogP contribution in [0.2, 0.25) is 5.02 Å². The molecular weight excluding hydrogens is 235 g/mol. The summed E-state index contributed by atoms with van der Waals surface area (Å²) in [7, 11) is 0. The first-order chi connectivity index (χ1) is 7.13. The number of benzene rings is 1. The van der Waals surface area contributed by atoms with Crippen molar-refractivity contribution in [2.24, 2.45) is 0 Å². The molecule has 1 rings (SSSR count). The zero-order valence-corrected chi connectivity index (χ0v) is 9.46. The molecule has 2 N–H and O–H groups in total. The summed E-state index contributed by atoms with van der Waals surface area (Å²) in [5, 5.41) is 6.18. The third-order valence-corrected chi connectivity index (χ3v) is 2.14. The van der Waals surface area contributed by atoms with Crippen LogP contribution in [0.5, 0.6) is 0 Å². The number of rotatable bonds is 3. The molecule has 1 aromatic carbocycles. The maximum atomic E-state index is 13.0. The standard InChI is InChI=1S/C10H10ClFN2S/c1-2-5-13-10(15)14-7-3-4-8(11)9(12)6-7/h2-4,6H,1,5H2,(H2,13,14,15). The lowest BCUT2D eigenvalue weighted by atomic mass is 10.3. The van der Waals surface area contributed by atoms with E-state index in [0.717, 1.165) is 0 Å². The van der Waals surface area contributed by atoms with Crippen LogP contribution in [0.15, 0.2) is 30.9 Å². The molecule has 0 fully saturated rings. The van der Waals surface area contributed by atoms with Gasteiger partial charge in [-0.1, -0.05) is 17.7 Å². The summed E-state index contributed by atoms with van der Waals surface area (Å²) in [4.78, 5) is 0. The minimum absolute atomic E-state index is 0.0884. The SMILES string of the molecule is C=CCNC(=S)Nc1ccc(Cl)c(F)c1. The molecule has 0 heterocycles. The lowest BCUT2D eigenvalue weighted by Crippen LogP contribution is -2.28. The van der Waals surface area contributed by atoms with Crippen molar-refractivity contribution >= 4 is 34.6 Å². The van der Waals surface area contributed by atoms with Crippen LogP contribution in [0, 0.1) is 5.82 Å². The molecule has 0 amide bonds. The van der Waals surface area contributed by atoms with Crippen LogP contribution in [0.25, 0.3) is 0 Å². The van der Waals surface area contributed by atoms with Gasteiger partial charge < -0.3 is 10.6 Å². The highest BCUT2D eigenvalue weighted by Crippen LogP contribution is 2.18. The summed E-state index contributed by atoms with van der Waals surface area (Å²) < 4.78 is 13.0. The van der Waals surface area contributed by atoms with E-state index in [1.165, 1.54) is 12.1 Å². The second-order valence-corrected chi connectivity index (χ2v) is 3.57. The number of thiocarbonyl (C=S) groups is 1. The number of hydrogen-bond donors (Lipinski definition) is 2. The largest absolute Gasteiger partial charge is 0.359 e. The molecule has 0 aliphatic heterocycles. The van der Waals surface area contributed by atoms with E-state index in [1.54, 1.807) is 12.1 Å². The second-order valence-electron chi connectivity index (χ2n) is 2.75. The van der Waals surface area contributed by atoms with Crippen LogP contribution in [0.3, 0.4) is 0 Å². The lowest BCUT2D eigenvalue weighted by molar-refractivity contribution is 0.629. The van der Waals surface area contributed by atoms with Gasteiger partial charge in [-0.05, 0) is 30.4 Å². The maximum Gasteiger partial charge on any atom is 0.171 e. The van der Waals surface area contributed by atoms with Crippen molar-refractivity contribution in [3.8, 4) is 0 Å². The highest BCUT2D eigenvalue weighted by molar-refractivity contribution is 7.80. The van der Waals surface area contributed by atoms with Gasteiger partial charge in [-0.15, -0.1) is 6.58 Å². The minimum Gasteiger partial charge on any atom is -0.359 e. The van der Waals surface area contributed by atoms with Crippen molar-refractivity contribution in [3.63, 3.8) is 0 Å². The smallest absolute Gasteiger partial charge is 0.171 e. The van der Waals surface area contributed by atoms with Gasteiger partial charge in [0.1, 0.15) is 5.82 Å². The Labute approximate surface area is 98.1 Å². The molecular formula is C10H10ClFN2S. The first-order valence-corrected chi connectivity index (χ1v) is 5.03. The molecule has 0 aliphatic carbocycles. The fraction of sp³-hybridized carbons (Fsp3) is 0.100. The van der Waals surface area contributed by atoms with E-state index < -0.39 is 5.82 Å². The zero-order valence-electron chi connectivity index (χ0n) is 7.89. The average molecular weight is 245 g/mol. The van der Waals surface area contributed by atoms with E-state index in [-0.39, 0.29) is 5.02 Å². The van der Waals surface area contributed by atoms with Crippen molar-refractivity contribution in [1.82, 2.24) is 5.32 Å². The van der Waals surface area contributed by atoms with E-state index >= 15 is 0 Å². The Balaban J connectivity index is 2.60. The van der Waals surface area contributed by atoms with E-state index in [2.05, 4.69) is 17.2 Å². The van der Waals surface area contributed by atoms with E-state index in [0.29, 0.717) is 17.3 Å². The Morgan fingerprint density at radius 2 is 2.33 bits per heavy atom. The fourth-order valence-electron chi connectivity index (χ4n) is 0.914. The van der Waals surface area contributed by atoms with Gasteiger partial charge in [0.25, 0.3) is 0 Å². The summed E-state index contributed by atoms with van der Waals surface area (Å²) in [5.41, 5.74) is 0.554. The minimum atomic E-state index is -0.479. The topological polar surface area (TPSA) is 24.1 Å². The van der Waals surface area contributed by atoms with Crippen LogP contribution in [0.4, 0.5) is 10.1 Å². The second kappa shape index (κ2) is 5.68. The summed E-state index contributed by atoms with van der Waals surface area (Å²) in [6.07, 6.45) is 1.68. The van der Waals surface area contributed by atoms with Crippen LogP contribution in [-0.4, -0.2) is 11.7 Å². The molecule has 5 heteroatoms. The predicted octanol–water partition coefficient (Wildman–Crippen LogP) is 2.95. The molecule has 0 spiro atoms. The van der Waals surface area contributed by atoms with Gasteiger partial charge in [-0.3, -0.25) is 0 Å². The molecule has 1 aromatic rings. The van der Waals surface area contributed by atoms with Crippen molar-refractivity contribution in [3.05, 3.63) is 41.7 Å². The van der Waals surface area contributed by atoms with Crippen LogP contribution in [-0.2, 0) is 0 Å². The van der Waals surface area contributed by atoms with Crippen LogP contribution in [0.1, 0.15) is 0 Å². The summed E-state index contributed by atoms with van der Waals surface area (Å²) in [6, 6.07) is 4.40. The third kappa shape index (κ3) is 3.85. The van der Waals surface area contributed by atoms with Gasteiger partial charge in [0.05, 0.1) is 5.02 Å². The van der Waals surface area contributed by atoms with Gasteiger partial charge in [-0.2, -0.15) is 0 Å². The number of halogens is 2. The lowest BCUT2D eigenvalue weighted by Gasteiger charge is -2.08. The van der Waals surface area contributed by atoms with E-state index in [1.807, 2.05) is 0 Å². The molecule has 15 heavy (non-hydrogen) atoms. The fourth-order valence-corrected chi connectivity index (χ4v) is 1.23. The summed E-state index contributed by atoms with van der Waals surface area (Å²) >= 11 is 10.5. The van der Waals surface area contributed by atoms with E-state index in [9.17, 15) is 4.39 Å². The number of anilines is 1. The molecule has 0 atom stereocenters. The van der Waals surface area contributed by atoms with Crippen molar-refractivity contribution in [1.29, 1.82) is 0 Å². The van der Waals surface area contributed by atoms with Gasteiger partial charge in [-0.25, -0.2) is 4.39 Å². The van der Waals surface area contributed by atoms with Gasteiger partial charge in [0.2, 0.25) is 0 Å². The Morgan fingerprint density at radius 3 is 2.93 bits per heavy atom. The third-order valence-electron chi connectivity index (χ3n) is 1.58. The first kappa shape index (κ1) is 11.9. The average Bonchev–Trinajstić information content (AvgIpc) is 2.20. The van der Waals surface area contributed by atoms with Gasteiger partial charge >= 0.3 is 0 Å². The Morgan fingerprint density at radius 1 is 1.60 bits per heavy atom. The predicted molar refractivity (Wildman–Crippen MR) is 65.8 cm³/mol. The number of nitrogens with one attached hydrogen (secondary N) is 2. The molecule has 0 radical (unpaired) electrons. The molecule has 2 nitrogen and oxygen atoms in total. The Hall–Kier alpha value is -1.13. The molecule has 0 aromatic heterocycles. The highest BCUT2D eigenvalue weighted by Gasteiger charge is 2.01. The molecule has 0 aliphatic rings. The van der Waals surface area contributed by atoms with Crippen molar-refractivity contribution in [2.45, 2.75) is 0 Å². The summed E-state index contributed by atoms with van der Waals surface area (Å²) in [5.74, 6) is -0.479. The van der Waals surface area contributed by atoms with Crippen molar-refractivity contribution < 1.29 is 4.39 Å². The van der Waals surface area contributed by atoms with Crippen molar-refractivity contribution in [2.75, 3.05) is 11.9 Å². The quantitative estimate of drug-likeness (QED) is 0.632. The molecule has 0 bridgehead atoms. The van der Waals surface area contributed by atoms with Crippen LogP contribution >= 0.6 is 23.8 Å². The molecule has 80 valence electrons. The molecule has 0 unspecified atom stereocenters. The normalized spacial score (nSPS) is 9.47. The Kier molecular flexibility index (Phi) is 4.52. The van der Waals surface area contributed by atoms with Crippen LogP contribution < -0.4 is 10.6 Å². The monoisotopic (exact) mass is 244 g/mol. The Bertz CT molecular complexity index is 382.